The molecule has 0 spiro atoms. The number of amides is 1. The molecule has 0 bridgehead atoms. The van der Waals surface area contributed by atoms with Gasteiger partial charge in [-0.15, -0.1) is 0 Å². The first-order valence-corrected chi connectivity index (χ1v) is 6.87. The van der Waals surface area contributed by atoms with Crippen molar-refractivity contribution < 1.29 is 9.53 Å². The van der Waals surface area contributed by atoms with Crippen LogP contribution in [0.2, 0.25) is 0 Å². The smallest absolute Gasteiger partial charge is 0.259 e. The fraction of sp³-hybridized carbons (Fsp3) is 0.333. The lowest BCUT2D eigenvalue weighted by Gasteiger charge is -2.24. The van der Waals surface area contributed by atoms with Gasteiger partial charge in [-0.05, 0) is 25.0 Å². The van der Waals surface area contributed by atoms with Crippen molar-refractivity contribution in [2.24, 2.45) is 0 Å². The third kappa shape index (κ3) is 2.56. The van der Waals surface area contributed by atoms with Crippen LogP contribution in [0.5, 0.6) is 5.88 Å². The SMILES string of the molecule is COc1ncccc1C(=O)N1CCC[C@H]1c1cnccn1. The highest BCUT2D eigenvalue weighted by molar-refractivity contribution is 5.96. The summed E-state index contributed by atoms with van der Waals surface area (Å²) in [5.74, 6) is 0.278. The first-order chi connectivity index (χ1) is 10.3. The minimum absolute atomic E-state index is 0.0314. The number of nitrogens with zero attached hydrogens (tertiary/aromatic N) is 4. The number of carbonyl (C=O) groups excluding carboxylic acids is 1. The molecule has 21 heavy (non-hydrogen) atoms. The summed E-state index contributed by atoms with van der Waals surface area (Å²) in [5, 5.41) is 0. The molecule has 0 N–H and O–H groups in total. The predicted molar refractivity (Wildman–Crippen MR) is 75.8 cm³/mol. The van der Waals surface area contributed by atoms with Gasteiger partial charge in [0, 0.05) is 25.1 Å². The highest BCUT2D eigenvalue weighted by Crippen LogP contribution is 2.32. The van der Waals surface area contributed by atoms with Crippen LogP contribution in [0.4, 0.5) is 0 Å². The zero-order valence-corrected chi connectivity index (χ0v) is 11.8. The van der Waals surface area contributed by atoms with Crippen molar-refractivity contribution in [3.05, 3.63) is 48.2 Å². The van der Waals surface area contributed by atoms with Crippen LogP contribution in [0, 0.1) is 0 Å². The van der Waals surface area contributed by atoms with Crippen molar-refractivity contribution in [1.29, 1.82) is 0 Å². The van der Waals surface area contributed by atoms with Gasteiger partial charge in [0.1, 0.15) is 5.56 Å². The van der Waals surface area contributed by atoms with Crippen LogP contribution in [0.15, 0.2) is 36.9 Å². The summed E-state index contributed by atoms with van der Waals surface area (Å²) in [4.78, 5) is 27.1. The van der Waals surface area contributed by atoms with Crippen molar-refractivity contribution in [2.45, 2.75) is 18.9 Å². The van der Waals surface area contributed by atoms with Crippen LogP contribution in [0.3, 0.4) is 0 Å². The molecule has 1 atom stereocenters. The van der Waals surface area contributed by atoms with Crippen molar-refractivity contribution in [3.8, 4) is 5.88 Å². The lowest BCUT2D eigenvalue weighted by molar-refractivity contribution is 0.0728. The molecule has 3 heterocycles. The fourth-order valence-corrected chi connectivity index (χ4v) is 2.67. The van der Waals surface area contributed by atoms with Crippen LogP contribution in [-0.4, -0.2) is 39.4 Å². The third-order valence-corrected chi connectivity index (χ3v) is 3.63. The van der Waals surface area contributed by atoms with Crippen molar-refractivity contribution in [3.63, 3.8) is 0 Å². The zero-order valence-electron chi connectivity index (χ0n) is 11.8. The van der Waals surface area contributed by atoms with E-state index in [4.69, 9.17) is 4.74 Å². The van der Waals surface area contributed by atoms with E-state index in [1.807, 2.05) is 4.90 Å². The number of methoxy groups -OCH3 is 1. The first kappa shape index (κ1) is 13.5. The van der Waals surface area contributed by atoms with Gasteiger partial charge >= 0.3 is 0 Å². The maximum Gasteiger partial charge on any atom is 0.259 e. The Hall–Kier alpha value is -2.50. The summed E-state index contributed by atoms with van der Waals surface area (Å²) in [6.07, 6.45) is 8.47. The summed E-state index contributed by atoms with van der Waals surface area (Å²) in [6, 6.07) is 3.44. The van der Waals surface area contributed by atoms with Crippen LogP contribution in [0.25, 0.3) is 0 Å². The molecule has 3 rings (SSSR count). The molecule has 2 aromatic heterocycles. The van der Waals surface area contributed by atoms with Crippen molar-refractivity contribution >= 4 is 5.91 Å². The second-order valence-electron chi connectivity index (χ2n) is 4.85. The molecular formula is C15H16N4O2. The molecule has 1 aliphatic heterocycles. The minimum Gasteiger partial charge on any atom is -0.480 e. The van der Waals surface area contributed by atoms with E-state index in [0.717, 1.165) is 18.5 Å². The zero-order chi connectivity index (χ0) is 14.7. The van der Waals surface area contributed by atoms with Gasteiger partial charge in [-0.1, -0.05) is 0 Å². The topological polar surface area (TPSA) is 68.2 Å². The standard InChI is InChI=1S/C15H16N4O2/c1-21-14-11(4-2-6-18-14)15(20)19-9-3-5-13(19)12-10-16-7-8-17-12/h2,4,6-8,10,13H,3,5,9H2,1H3/t13-/m0/s1. The van der Waals surface area contributed by atoms with Gasteiger partial charge in [-0.3, -0.25) is 14.8 Å². The van der Waals surface area contributed by atoms with Gasteiger partial charge in [0.25, 0.3) is 5.91 Å². The summed E-state index contributed by atoms with van der Waals surface area (Å²) < 4.78 is 5.18. The second-order valence-corrected chi connectivity index (χ2v) is 4.85. The van der Waals surface area contributed by atoms with E-state index in [0.29, 0.717) is 18.0 Å². The number of aromatic nitrogens is 3. The summed E-state index contributed by atoms with van der Waals surface area (Å²) >= 11 is 0. The van der Waals surface area contributed by atoms with Crippen LogP contribution < -0.4 is 4.74 Å². The Labute approximate surface area is 122 Å². The number of hydrogen-bond acceptors (Lipinski definition) is 5. The molecule has 2 aromatic rings. The van der Waals surface area contributed by atoms with Gasteiger partial charge in [0.05, 0.1) is 25.0 Å². The molecule has 0 radical (unpaired) electrons. The molecule has 1 aliphatic rings. The number of rotatable bonds is 3. The molecule has 0 saturated carbocycles. The van der Waals surface area contributed by atoms with E-state index >= 15 is 0 Å². The minimum atomic E-state index is -0.0758. The van der Waals surface area contributed by atoms with Crippen LogP contribution in [-0.2, 0) is 0 Å². The largest absolute Gasteiger partial charge is 0.480 e. The molecule has 0 aromatic carbocycles. The molecule has 1 amide bonds. The monoisotopic (exact) mass is 284 g/mol. The van der Waals surface area contributed by atoms with E-state index in [1.165, 1.54) is 7.11 Å². The average Bonchev–Trinajstić information content (AvgIpc) is 3.04. The highest BCUT2D eigenvalue weighted by Gasteiger charge is 2.32. The summed E-state index contributed by atoms with van der Waals surface area (Å²) in [6.45, 7) is 0.706. The Balaban J connectivity index is 1.90. The van der Waals surface area contributed by atoms with E-state index in [2.05, 4.69) is 15.0 Å². The molecule has 0 unspecified atom stereocenters. The lowest BCUT2D eigenvalue weighted by atomic mass is 10.1. The van der Waals surface area contributed by atoms with Crippen LogP contribution >= 0.6 is 0 Å². The highest BCUT2D eigenvalue weighted by atomic mass is 16.5. The summed E-state index contributed by atoms with van der Waals surface area (Å²) in [5.41, 5.74) is 1.31. The third-order valence-electron chi connectivity index (χ3n) is 3.63. The van der Waals surface area contributed by atoms with E-state index < -0.39 is 0 Å². The Morgan fingerprint density at radius 2 is 2.24 bits per heavy atom. The first-order valence-electron chi connectivity index (χ1n) is 6.87. The average molecular weight is 284 g/mol. The predicted octanol–water partition coefficient (Wildman–Crippen LogP) is 1.86. The molecule has 0 aliphatic carbocycles. The van der Waals surface area contributed by atoms with Gasteiger partial charge in [-0.2, -0.15) is 0 Å². The molecule has 6 heteroatoms. The molecular weight excluding hydrogens is 268 g/mol. The quantitative estimate of drug-likeness (QED) is 0.860. The Morgan fingerprint density at radius 3 is 3.00 bits per heavy atom. The maximum atomic E-state index is 12.8. The Bertz CT molecular complexity index is 633. The van der Waals surface area contributed by atoms with E-state index in [1.54, 1.807) is 36.9 Å². The number of hydrogen-bond donors (Lipinski definition) is 0. The van der Waals surface area contributed by atoms with Crippen molar-refractivity contribution in [2.75, 3.05) is 13.7 Å². The fourth-order valence-electron chi connectivity index (χ4n) is 2.67. The van der Waals surface area contributed by atoms with Gasteiger partial charge < -0.3 is 9.64 Å². The second kappa shape index (κ2) is 5.87. The number of likely N-dealkylation sites (tertiary alicyclic amines) is 1. The van der Waals surface area contributed by atoms with E-state index in [-0.39, 0.29) is 11.9 Å². The number of pyridine rings is 1. The molecule has 1 saturated heterocycles. The summed E-state index contributed by atoms with van der Waals surface area (Å²) in [7, 11) is 1.52. The normalized spacial score (nSPS) is 17.8. The molecule has 108 valence electrons. The van der Waals surface area contributed by atoms with Crippen molar-refractivity contribution in [1.82, 2.24) is 19.9 Å². The molecule has 1 fully saturated rings. The maximum absolute atomic E-state index is 12.8. The van der Waals surface area contributed by atoms with Gasteiger partial charge in [0.15, 0.2) is 0 Å². The van der Waals surface area contributed by atoms with Gasteiger partial charge in [-0.25, -0.2) is 4.98 Å². The van der Waals surface area contributed by atoms with Gasteiger partial charge in [0.2, 0.25) is 5.88 Å². The Morgan fingerprint density at radius 1 is 1.33 bits per heavy atom. The van der Waals surface area contributed by atoms with E-state index in [9.17, 15) is 4.79 Å². The molecule has 6 nitrogen and oxygen atoms in total. The van der Waals surface area contributed by atoms with Crippen LogP contribution in [0.1, 0.15) is 34.9 Å². The number of carbonyl (C=O) groups is 1. The number of ether oxygens (including phenoxy) is 1. The Kier molecular flexibility index (Phi) is 3.77. The lowest BCUT2D eigenvalue weighted by Crippen LogP contribution is -2.31.